The summed E-state index contributed by atoms with van der Waals surface area (Å²) in [5, 5.41) is 16.5. The summed E-state index contributed by atoms with van der Waals surface area (Å²) in [6, 6.07) is 27.6. The molecule has 1 saturated heterocycles. The molecule has 9 heteroatoms. The fraction of sp³-hybridized carbons (Fsp3) is 0.324. The van der Waals surface area contributed by atoms with Gasteiger partial charge in [-0.25, -0.2) is 0 Å². The van der Waals surface area contributed by atoms with Crippen molar-refractivity contribution < 1.29 is 19.5 Å². The van der Waals surface area contributed by atoms with Crippen LogP contribution in [0.3, 0.4) is 0 Å². The van der Waals surface area contributed by atoms with Crippen LogP contribution in [0.2, 0.25) is 5.02 Å². The van der Waals surface area contributed by atoms with E-state index in [-0.39, 0.29) is 43.3 Å². The summed E-state index contributed by atoms with van der Waals surface area (Å²) in [4.78, 5) is 44.8. The van der Waals surface area contributed by atoms with Crippen LogP contribution in [0.4, 0.5) is 0 Å². The number of rotatable bonds is 11. The summed E-state index contributed by atoms with van der Waals surface area (Å²) in [6.07, 6.45) is 0.0777. The normalized spacial score (nSPS) is 19.0. The molecule has 1 fully saturated rings. The van der Waals surface area contributed by atoms with Gasteiger partial charge in [-0.05, 0) is 59.9 Å². The number of nitrogens with two attached hydrogens (primary N) is 1. The molecule has 1 aliphatic heterocycles. The molecule has 46 heavy (non-hydrogen) atoms. The Hall–Kier alpha value is -4.24. The summed E-state index contributed by atoms with van der Waals surface area (Å²) in [6.45, 7) is 4.36. The van der Waals surface area contributed by atoms with Crippen molar-refractivity contribution in [2.45, 2.75) is 63.4 Å². The Kier molecular flexibility index (Phi) is 10.7. The van der Waals surface area contributed by atoms with Gasteiger partial charge in [-0.2, -0.15) is 0 Å². The Balaban J connectivity index is 1.40. The summed E-state index contributed by atoms with van der Waals surface area (Å²) < 4.78 is 0. The van der Waals surface area contributed by atoms with E-state index in [0.717, 1.165) is 21.9 Å². The molecule has 4 N–H and O–H groups in total. The van der Waals surface area contributed by atoms with E-state index in [0.29, 0.717) is 23.6 Å². The fourth-order valence-corrected chi connectivity index (χ4v) is 6.61. The van der Waals surface area contributed by atoms with E-state index >= 15 is 0 Å². The maximum Gasteiger partial charge on any atom is 0.250 e. The second kappa shape index (κ2) is 14.9. The lowest BCUT2D eigenvalue weighted by Crippen LogP contribution is -2.52. The summed E-state index contributed by atoms with van der Waals surface area (Å²) in [5.41, 5.74) is 8.28. The van der Waals surface area contributed by atoms with Crippen LogP contribution in [0.15, 0.2) is 97.1 Å². The zero-order chi connectivity index (χ0) is 32.8. The maximum absolute atomic E-state index is 14.6. The Bertz CT molecular complexity index is 1680. The highest BCUT2D eigenvalue weighted by Crippen LogP contribution is 2.33. The van der Waals surface area contributed by atoms with E-state index in [1.807, 2.05) is 86.6 Å². The van der Waals surface area contributed by atoms with Gasteiger partial charge in [-0.3, -0.25) is 14.4 Å². The number of carbonyl (C=O) groups is 3. The Morgan fingerprint density at radius 3 is 2.43 bits per heavy atom. The molecule has 0 aromatic heterocycles. The monoisotopic (exact) mass is 640 g/mol. The highest BCUT2D eigenvalue weighted by Gasteiger charge is 2.43. The number of carbonyl (C=O) groups excluding carboxylic acids is 3. The van der Waals surface area contributed by atoms with Crippen molar-refractivity contribution in [3.05, 3.63) is 119 Å². The lowest BCUT2D eigenvalue weighted by Gasteiger charge is -2.36. The van der Waals surface area contributed by atoms with Crippen molar-refractivity contribution in [1.82, 2.24) is 15.1 Å². The largest absolute Gasteiger partial charge is 0.387 e. The average molecular weight is 641 g/mol. The third-order valence-electron chi connectivity index (χ3n) is 8.93. The minimum atomic E-state index is -0.995. The Morgan fingerprint density at radius 1 is 1.00 bits per heavy atom. The van der Waals surface area contributed by atoms with Gasteiger partial charge >= 0.3 is 0 Å². The number of hydrogen-bond donors (Lipinski definition) is 3. The number of amides is 3. The first-order chi connectivity index (χ1) is 22.2. The van der Waals surface area contributed by atoms with E-state index in [9.17, 15) is 19.5 Å². The lowest BCUT2D eigenvalue weighted by molar-refractivity contribution is -0.148. The first-order valence-electron chi connectivity index (χ1n) is 15.7. The van der Waals surface area contributed by atoms with Crippen LogP contribution >= 0.6 is 11.6 Å². The second-order valence-electron chi connectivity index (χ2n) is 12.0. The van der Waals surface area contributed by atoms with E-state index in [4.69, 9.17) is 17.3 Å². The molecule has 5 atom stereocenters. The molecule has 0 aliphatic carbocycles. The predicted molar refractivity (Wildman–Crippen MR) is 181 cm³/mol. The van der Waals surface area contributed by atoms with Crippen molar-refractivity contribution in [1.29, 1.82) is 0 Å². The topological polar surface area (TPSA) is 116 Å². The maximum atomic E-state index is 14.6. The fourth-order valence-electron chi connectivity index (χ4n) is 6.41. The first-order valence-corrected chi connectivity index (χ1v) is 16.1. The summed E-state index contributed by atoms with van der Waals surface area (Å²) >= 11 is 6.39. The molecule has 0 bridgehead atoms. The van der Waals surface area contributed by atoms with Gasteiger partial charge in [-0.1, -0.05) is 96.5 Å². The molecule has 8 nitrogen and oxygen atoms in total. The molecule has 4 aromatic rings. The molecule has 1 heterocycles. The lowest BCUT2D eigenvalue weighted by atomic mass is 9.96. The van der Waals surface area contributed by atoms with Gasteiger partial charge in [-0.15, -0.1) is 0 Å². The van der Waals surface area contributed by atoms with E-state index in [1.54, 1.807) is 34.1 Å². The van der Waals surface area contributed by atoms with Crippen LogP contribution in [0, 0.1) is 0 Å². The van der Waals surface area contributed by atoms with Crippen molar-refractivity contribution >= 4 is 40.1 Å². The van der Waals surface area contributed by atoms with Crippen LogP contribution < -0.4 is 11.1 Å². The highest BCUT2D eigenvalue weighted by atomic mass is 35.5. The van der Waals surface area contributed by atoms with Gasteiger partial charge in [0.25, 0.3) is 5.91 Å². The van der Waals surface area contributed by atoms with Gasteiger partial charge in [0.2, 0.25) is 11.8 Å². The minimum Gasteiger partial charge on any atom is -0.387 e. The van der Waals surface area contributed by atoms with Crippen LogP contribution in [-0.4, -0.2) is 63.8 Å². The Morgan fingerprint density at radius 2 is 1.70 bits per heavy atom. The quantitative estimate of drug-likeness (QED) is 0.209. The molecule has 5 rings (SSSR count). The molecule has 4 aromatic carbocycles. The van der Waals surface area contributed by atoms with Crippen LogP contribution in [0.25, 0.3) is 10.8 Å². The van der Waals surface area contributed by atoms with Crippen LogP contribution in [0.5, 0.6) is 0 Å². The minimum absolute atomic E-state index is 0.107. The summed E-state index contributed by atoms with van der Waals surface area (Å²) in [7, 11) is 0. The predicted octanol–water partition coefficient (Wildman–Crippen LogP) is 5.18. The molecule has 240 valence electrons. The van der Waals surface area contributed by atoms with Crippen molar-refractivity contribution in [3.63, 3.8) is 0 Å². The number of benzene rings is 4. The number of hydrogen-bond acceptors (Lipinski definition) is 5. The zero-order valence-corrected chi connectivity index (χ0v) is 26.9. The van der Waals surface area contributed by atoms with Crippen molar-refractivity contribution in [3.8, 4) is 0 Å². The molecule has 0 saturated carbocycles. The number of halogens is 1. The van der Waals surface area contributed by atoms with Gasteiger partial charge in [0.15, 0.2) is 0 Å². The number of fused-ring (bicyclic) bond motifs is 1. The first kappa shape index (κ1) is 33.1. The molecule has 0 radical (unpaired) electrons. The molecule has 1 aliphatic rings. The van der Waals surface area contributed by atoms with Gasteiger partial charge in [0.1, 0.15) is 12.1 Å². The molecular weight excluding hydrogens is 600 g/mol. The molecule has 0 spiro atoms. The second-order valence-corrected chi connectivity index (χ2v) is 12.5. The van der Waals surface area contributed by atoms with Crippen LogP contribution in [0.1, 0.15) is 55.5 Å². The smallest absolute Gasteiger partial charge is 0.250 e. The third-order valence-corrected chi connectivity index (χ3v) is 9.16. The zero-order valence-electron chi connectivity index (χ0n) is 26.2. The van der Waals surface area contributed by atoms with Crippen molar-refractivity contribution in [2.75, 3.05) is 13.1 Å². The average Bonchev–Trinajstić information content (AvgIpc) is 3.18. The van der Waals surface area contributed by atoms with Gasteiger partial charge in [0.05, 0.1) is 6.10 Å². The number of aliphatic hydroxyl groups is 1. The molecule has 3 amide bonds. The van der Waals surface area contributed by atoms with E-state index < -0.39 is 24.1 Å². The van der Waals surface area contributed by atoms with Gasteiger partial charge < -0.3 is 26.0 Å². The van der Waals surface area contributed by atoms with Crippen LogP contribution in [-0.2, 0) is 20.8 Å². The molecular formula is C37H41ClN4O4. The molecule has 4 unspecified atom stereocenters. The number of primary amides is 1. The van der Waals surface area contributed by atoms with Crippen molar-refractivity contribution in [2.24, 2.45) is 5.73 Å². The highest BCUT2D eigenvalue weighted by molar-refractivity contribution is 6.30. The standard InChI is InChI=1S/C37H41ClN4O4/c1-24-19-21-41(32(36(39)45)23-28-14-8-13-26-10-6-7-17-31(26)28)37(46)34(29-15-9-16-30(38)22-29)42(24)33(43)18-20-40-25(2)35(44)27-11-4-3-5-12-27/h3-17,22,24-25,32,34-35,40,44H,18-21,23H2,1-2H3,(H2,39,45)/t24?,25?,32-,34?,35?/m1/s1. The van der Waals surface area contributed by atoms with Gasteiger partial charge in [0, 0.05) is 43.0 Å². The third kappa shape index (κ3) is 7.41. The van der Waals surface area contributed by atoms with E-state index in [1.165, 1.54) is 0 Å². The number of nitrogens with one attached hydrogen (secondary N) is 1. The number of nitrogens with zero attached hydrogens (tertiary/aromatic N) is 2. The summed E-state index contributed by atoms with van der Waals surface area (Å²) in [5.74, 6) is -1.19. The SMILES string of the molecule is CC(NCCC(=O)N1C(C)CCN([C@H](Cc2cccc3ccccc23)C(N)=O)C(=O)C1c1cccc(Cl)c1)C(O)c1ccccc1. The Labute approximate surface area is 275 Å². The number of aliphatic hydroxyl groups excluding tert-OH is 1. The van der Waals surface area contributed by atoms with E-state index in [2.05, 4.69) is 5.32 Å².